The van der Waals surface area contributed by atoms with E-state index in [-0.39, 0.29) is 0 Å². The molecule has 0 spiro atoms. The van der Waals surface area contributed by atoms with E-state index < -0.39 is 0 Å². The fourth-order valence-corrected chi connectivity index (χ4v) is 22.9. The van der Waals surface area contributed by atoms with Gasteiger partial charge in [0.25, 0.3) is 0 Å². The normalized spacial score (nSPS) is 11.6. The molecule has 150 heavy (non-hydrogen) atoms. The highest BCUT2D eigenvalue weighted by atomic mass is 16.3. The molecule has 0 radical (unpaired) electrons. The molecule has 0 N–H and O–H groups in total. The van der Waals surface area contributed by atoms with Crippen LogP contribution in [0.15, 0.2) is 577 Å². The molecule has 30 rings (SSSR count). The number of rotatable bonds is 15. The summed E-state index contributed by atoms with van der Waals surface area (Å²) in [6.07, 6.45) is 0. The largest absolute Gasteiger partial charge is 0.456 e. The van der Waals surface area contributed by atoms with E-state index in [1.807, 2.05) is 36.4 Å². The van der Waals surface area contributed by atoms with Gasteiger partial charge in [0.05, 0.1) is 50.2 Å². The van der Waals surface area contributed by atoms with Gasteiger partial charge in [-0.05, 0) is 275 Å². The van der Waals surface area contributed by atoms with Crippen molar-refractivity contribution in [3.8, 4) is 151 Å². The number of nitrogens with zero attached hydrogens (tertiary/aromatic N) is 3. The molecule has 0 atom stereocenters. The third-order valence-corrected chi connectivity index (χ3v) is 30.0. The Bertz CT molecular complexity index is 10200. The lowest BCUT2D eigenvalue weighted by Crippen LogP contribution is -1.97. The Kier molecular flexibility index (Phi) is 21.9. The van der Waals surface area contributed by atoms with Gasteiger partial charge in [-0.25, -0.2) is 0 Å². The molecular formula is C144H93N3O3. The first-order valence-corrected chi connectivity index (χ1v) is 51.3. The first kappa shape index (κ1) is 87.8. The summed E-state index contributed by atoms with van der Waals surface area (Å²) < 4.78 is 26.0. The molecule has 0 aliphatic rings. The standard InChI is InChI=1S/3C48H31NO/c1-3-13-32(14-4-1)34-25-27-44-41(30-34)42-31-35(33-15-5-2-6-16-33)26-28-45(42)49(44)43-22-9-7-19-38(43)36-17-11-18-37(29-36)39-21-12-24-47-48(39)40-20-8-10-23-46(40)50-47;1-3-12-32(13-4-1)35-23-26-45-42(29-35)43-30-36(33-14-5-2-6-15-33)24-27-46(43)49(45)44-20-9-7-18-39(44)38-17-11-16-34(28-38)37-22-25-41-40-19-8-10-21-47(40)50-48(41)31-37;1-3-12-32(13-4-1)35-22-25-45-41(29-35)42-30-36(33-14-5-2-6-15-33)23-26-46(42)49(45)44-20-9-7-18-39(44)38-17-11-16-34(28-38)37-24-27-48-43(31-37)40-19-8-10-21-47(40)50-48/h3*1-31H. The van der Waals surface area contributed by atoms with Crippen molar-refractivity contribution in [2.24, 2.45) is 0 Å². The molecule has 0 bridgehead atoms. The Labute approximate surface area is 866 Å². The summed E-state index contributed by atoms with van der Waals surface area (Å²) in [6.45, 7) is 0. The van der Waals surface area contributed by atoms with Gasteiger partial charge < -0.3 is 27.0 Å². The van der Waals surface area contributed by atoms with Gasteiger partial charge in [0, 0.05) is 81.3 Å². The Balaban J connectivity index is 0.000000108. The van der Waals surface area contributed by atoms with Crippen LogP contribution in [-0.4, -0.2) is 13.7 Å². The summed E-state index contributed by atoms with van der Waals surface area (Å²) in [4.78, 5) is 0. The molecule has 24 aromatic carbocycles. The molecule has 6 heterocycles. The van der Waals surface area contributed by atoms with Crippen LogP contribution >= 0.6 is 0 Å². The topological polar surface area (TPSA) is 54.2 Å². The molecule has 6 nitrogen and oxygen atoms in total. The van der Waals surface area contributed by atoms with E-state index in [0.29, 0.717) is 0 Å². The van der Waals surface area contributed by atoms with Gasteiger partial charge in [0.2, 0.25) is 0 Å². The van der Waals surface area contributed by atoms with E-state index in [1.54, 1.807) is 0 Å². The highest BCUT2D eigenvalue weighted by Gasteiger charge is 2.25. The van der Waals surface area contributed by atoms with Crippen LogP contribution in [0.1, 0.15) is 0 Å². The lowest BCUT2D eigenvalue weighted by atomic mass is 9.95. The minimum absolute atomic E-state index is 0.907. The Morgan fingerprint density at radius 1 is 0.107 bits per heavy atom. The van der Waals surface area contributed by atoms with Gasteiger partial charge in [-0.1, -0.05) is 406 Å². The molecule has 0 aliphatic carbocycles. The SMILES string of the molecule is c1ccc(-c2ccc3c(c2)c2cc(-c4ccccc4)ccc2n3-c2ccccc2-c2cccc(-c3ccc4c(c3)oc3ccccc34)c2)cc1.c1ccc(-c2ccc3c(c2)c2cc(-c4ccccc4)ccc2n3-c2ccccc2-c2cccc(-c3ccc4oc5ccccc5c4c3)c2)cc1.c1ccc(-c2ccc3c(c2)c2cc(-c4ccccc4)ccc2n3-c2ccccc2-c2cccc(-c3cccc4oc5ccccc5c34)c2)cc1. The van der Waals surface area contributed by atoms with E-state index in [9.17, 15) is 0 Å². The van der Waals surface area contributed by atoms with Crippen molar-refractivity contribution in [2.45, 2.75) is 0 Å². The molecular weight excluding hydrogens is 1820 g/mol. The number of hydrogen-bond acceptors (Lipinski definition) is 3. The summed E-state index contributed by atoms with van der Waals surface area (Å²) in [5.41, 5.74) is 44.6. The van der Waals surface area contributed by atoms with Crippen molar-refractivity contribution in [3.05, 3.63) is 564 Å². The lowest BCUT2D eigenvalue weighted by molar-refractivity contribution is 0.668. The second kappa shape index (κ2) is 37.4. The summed E-state index contributed by atoms with van der Waals surface area (Å²) in [5, 5.41) is 14.3. The zero-order chi connectivity index (χ0) is 99.1. The van der Waals surface area contributed by atoms with Crippen molar-refractivity contribution >= 4 is 131 Å². The zero-order valence-corrected chi connectivity index (χ0v) is 81.8. The maximum absolute atomic E-state index is 6.25. The third kappa shape index (κ3) is 15.8. The number of benzene rings is 24. The minimum atomic E-state index is 0.907. The maximum atomic E-state index is 6.25. The molecule has 30 aromatic rings. The van der Waals surface area contributed by atoms with Gasteiger partial charge in [-0.3, -0.25) is 0 Å². The van der Waals surface area contributed by atoms with Gasteiger partial charge in [0.15, 0.2) is 0 Å². The lowest BCUT2D eigenvalue weighted by Gasteiger charge is -2.15. The first-order valence-electron chi connectivity index (χ1n) is 51.3. The highest BCUT2D eigenvalue weighted by molar-refractivity contribution is 6.18. The summed E-state index contributed by atoms with van der Waals surface area (Å²) in [5.74, 6) is 0. The molecule has 0 aliphatic heterocycles. The molecule has 0 amide bonds. The number of furan rings is 3. The van der Waals surface area contributed by atoms with Gasteiger partial charge in [0.1, 0.15) is 33.5 Å². The zero-order valence-electron chi connectivity index (χ0n) is 81.8. The van der Waals surface area contributed by atoms with Crippen LogP contribution in [0.5, 0.6) is 0 Å². The van der Waals surface area contributed by atoms with Crippen molar-refractivity contribution in [1.29, 1.82) is 0 Å². The van der Waals surface area contributed by atoms with Crippen molar-refractivity contribution in [1.82, 2.24) is 13.7 Å². The molecule has 0 saturated carbocycles. The van der Waals surface area contributed by atoms with E-state index in [4.69, 9.17) is 13.3 Å². The van der Waals surface area contributed by atoms with Crippen LogP contribution in [-0.2, 0) is 0 Å². The van der Waals surface area contributed by atoms with E-state index >= 15 is 0 Å². The summed E-state index contributed by atoms with van der Waals surface area (Å²) in [7, 11) is 0. The van der Waals surface area contributed by atoms with Crippen LogP contribution in [0.3, 0.4) is 0 Å². The molecule has 6 heteroatoms. The fourth-order valence-electron chi connectivity index (χ4n) is 22.9. The van der Waals surface area contributed by atoms with E-state index in [1.165, 1.54) is 182 Å². The predicted molar refractivity (Wildman–Crippen MR) is 629 cm³/mol. The van der Waals surface area contributed by atoms with Gasteiger partial charge in [-0.2, -0.15) is 0 Å². The molecule has 702 valence electrons. The van der Waals surface area contributed by atoms with Crippen molar-refractivity contribution in [2.75, 3.05) is 0 Å². The molecule has 0 unspecified atom stereocenters. The van der Waals surface area contributed by atoms with Crippen LogP contribution in [0.4, 0.5) is 0 Å². The Morgan fingerprint density at radius 2 is 0.320 bits per heavy atom. The minimum Gasteiger partial charge on any atom is -0.456 e. The number of para-hydroxylation sites is 6. The van der Waals surface area contributed by atoms with Crippen LogP contribution in [0, 0.1) is 0 Å². The van der Waals surface area contributed by atoms with Gasteiger partial charge >= 0.3 is 0 Å². The summed E-state index contributed by atoms with van der Waals surface area (Å²) >= 11 is 0. The number of hydrogen-bond donors (Lipinski definition) is 0. The Morgan fingerprint density at radius 3 is 0.693 bits per heavy atom. The second-order valence-electron chi connectivity index (χ2n) is 38.8. The average Bonchev–Trinajstić information content (AvgIpc) is 1.57. The van der Waals surface area contributed by atoms with Crippen molar-refractivity contribution in [3.63, 3.8) is 0 Å². The van der Waals surface area contributed by atoms with Crippen LogP contribution in [0.2, 0.25) is 0 Å². The first-order chi connectivity index (χ1) is 74.4. The van der Waals surface area contributed by atoms with Crippen LogP contribution < -0.4 is 0 Å². The molecule has 6 aromatic heterocycles. The van der Waals surface area contributed by atoms with E-state index in [0.717, 1.165) is 99.6 Å². The smallest absolute Gasteiger partial charge is 0.136 e. The highest BCUT2D eigenvalue weighted by Crippen LogP contribution is 2.49. The molecule has 0 fully saturated rings. The van der Waals surface area contributed by atoms with Crippen LogP contribution in [0.25, 0.3) is 282 Å². The summed E-state index contributed by atoms with van der Waals surface area (Å²) in [6, 6.07) is 203. The number of aromatic nitrogens is 3. The number of fused-ring (bicyclic) bond motifs is 18. The fraction of sp³-hybridized carbons (Fsp3) is 0. The van der Waals surface area contributed by atoms with Gasteiger partial charge in [-0.15, -0.1) is 0 Å². The predicted octanol–water partition coefficient (Wildman–Crippen LogP) is 40.1. The third-order valence-electron chi connectivity index (χ3n) is 30.0. The second-order valence-corrected chi connectivity index (χ2v) is 38.8. The average molecular weight is 1910 g/mol. The molecule has 0 saturated heterocycles. The maximum Gasteiger partial charge on any atom is 0.136 e. The monoisotopic (exact) mass is 1910 g/mol. The van der Waals surface area contributed by atoms with Crippen molar-refractivity contribution < 1.29 is 13.3 Å². The Hall–Kier alpha value is -19.9. The quantitative estimate of drug-likeness (QED) is 0.103. The van der Waals surface area contributed by atoms with E-state index in [2.05, 4.69) is 541 Å².